The normalized spacial score (nSPS) is 12.8. The second-order valence-electron chi connectivity index (χ2n) is 11.5. The van der Waals surface area contributed by atoms with Crippen molar-refractivity contribution in [3.8, 4) is 0 Å². The molecular formula is C26H36N4O8S4. The van der Waals surface area contributed by atoms with Crippen LogP contribution in [0.1, 0.15) is 63.8 Å². The van der Waals surface area contributed by atoms with E-state index in [1.807, 2.05) is 0 Å². The average Bonchev–Trinajstić information content (AvgIpc) is 2.77. The summed E-state index contributed by atoms with van der Waals surface area (Å²) in [6.07, 6.45) is 0. The first-order valence-corrected chi connectivity index (χ1v) is 18.2. The Morgan fingerprint density at radius 1 is 0.548 bits per heavy atom. The molecule has 0 radical (unpaired) electrons. The lowest BCUT2D eigenvalue weighted by atomic mass is 10.2. The van der Waals surface area contributed by atoms with E-state index in [0.717, 1.165) is 11.1 Å². The lowest BCUT2D eigenvalue weighted by Crippen LogP contribution is -2.45. The van der Waals surface area contributed by atoms with Gasteiger partial charge in [0.15, 0.2) is 0 Å². The summed E-state index contributed by atoms with van der Waals surface area (Å²) in [5.74, 6) is 0. The Morgan fingerprint density at radius 2 is 0.833 bits per heavy atom. The fourth-order valence-corrected chi connectivity index (χ4v) is 11.1. The van der Waals surface area contributed by atoms with Crippen molar-refractivity contribution in [2.75, 3.05) is 0 Å². The lowest BCUT2D eigenvalue weighted by Gasteiger charge is -2.20. The van der Waals surface area contributed by atoms with Crippen LogP contribution in [0, 0.1) is 27.7 Å². The summed E-state index contributed by atoms with van der Waals surface area (Å²) < 4.78 is 94.2. The van der Waals surface area contributed by atoms with Gasteiger partial charge in [-0.2, -0.15) is 0 Å². The topological polar surface area (TPSA) is 209 Å². The van der Waals surface area contributed by atoms with Crippen LogP contribution in [-0.2, 0) is 39.3 Å². The maximum Gasteiger partial charge on any atom is 0.504 e. The van der Waals surface area contributed by atoms with Gasteiger partial charge in [-0.15, -0.1) is 9.58 Å². The number of nitrogens with zero attached hydrogens (tertiary/aromatic N) is 4. The highest BCUT2D eigenvalue weighted by molar-refractivity contribution is 8.32. The van der Waals surface area contributed by atoms with Gasteiger partial charge in [-0.25, -0.2) is 33.7 Å². The molecule has 0 saturated carbocycles. The van der Waals surface area contributed by atoms with Gasteiger partial charge in [-0.3, -0.25) is 0 Å². The molecule has 0 amide bonds. The minimum atomic E-state index is -4.52. The first-order valence-electron chi connectivity index (χ1n) is 12.3. The largest absolute Gasteiger partial charge is 0.504 e. The van der Waals surface area contributed by atoms with Crippen molar-refractivity contribution in [1.82, 2.24) is 0 Å². The zero-order valence-corrected chi connectivity index (χ0v) is 28.4. The van der Waals surface area contributed by atoms with E-state index in [4.69, 9.17) is 5.53 Å². The van der Waals surface area contributed by atoms with Crippen LogP contribution >= 0.6 is 0 Å². The molecule has 0 spiro atoms. The van der Waals surface area contributed by atoms with Gasteiger partial charge >= 0.3 is 8.75 Å². The molecular weight excluding hydrogens is 625 g/mol. The second kappa shape index (κ2) is 12.3. The fourth-order valence-electron chi connectivity index (χ4n) is 3.42. The standard InChI is InChI=1S/C17H18N2O4S2.C9H18N2O4S2/c1-11-5-7-15(13(3)9-11)24(20,21)17(19-18)25(22,23)16-8-6-12(2)10-14(16)4;1-8(2,3)16(12,13)7(11-10)17(14,15)9(4,5)6/h5-10H,1-4H3;1-6H3. The highest BCUT2D eigenvalue weighted by atomic mass is 32.3. The Balaban J connectivity index is 0.000000456. The SMILES string of the molecule is CC(C)(C)S(=O)(=O)C(=[N+]=[N-])S(=O)(=O)C(C)(C)C.Cc1ccc(S(=O)(=O)C(=[N+]=[N-])S(=O)(=O)c2ccc(C)cc2C)c(C)c1. The van der Waals surface area contributed by atoms with E-state index in [0.29, 0.717) is 11.1 Å². The van der Waals surface area contributed by atoms with E-state index in [2.05, 4.69) is 9.58 Å². The van der Waals surface area contributed by atoms with E-state index >= 15 is 0 Å². The van der Waals surface area contributed by atoms with Crippen LogP contribution in [0.2, 0.25) is 0 Å². The van der Waals surface area contributed by atoms with E-state index in [1.165, 1.54) is 53.7 Å². The Morgan fingerprint density at radius 3 is 1.05 bits per heavy atom. The van der Waals surface area contributed by atoms with Crippen molar-refractivity contribution in [3.05, 3.63) is 69.7 Å². The van der Waals surface area contributed by atoms with Gasteiger partial charge in [0, 0.05) is 0 Å². The minimum absolute atomic E-state index is 0.209. The molecule has 2 aromatic rings. The van der Waals surface area contributed by atoms with Gasteiger partial charge in [0.05, 0.1) is 19.3 Å². The van der Waals surface area contributed by atoms with Gasteiger partial charge in [-0.1, -0.05) is 35.4 Å². The summed E-state index contributed by atoms with van der Waals surface area (Å²) in [5.41, 5.74) is 20.4. The van der Waals surface area contributed by atoms with Crippen molar-refractivity contribution in [1.29, 1.82) is 0 Å². The number of rotatable bonds is 2. The summed E-state index contributed by atoms with van der Waals surface area (Å²) in [7, 11) is -17.5. The number of hydrogen-bond acceptors (Lipinski definition) is 8. The number of aryl methyl sites for hydroxylation is 4. The summed E-state index contributed by atoms with van der Waals surface area (Å²) in [6, 6.07) is 8.96. The maximum absolute atomic E-state index is 12.8. The van der Waals surface area contributed by atoms with Crippen molar-refractivity contribution in [3.63, 3.8) is 0 Å². The molecule has 0 saturated heterocycles. The van der Waals surface area contributed by atoms with E-state index in [9.17, 15) is 39.2 Å². The Bertz CT molecular complexity index is 1810. The molecule has 2 aromatic carbocycles. The molecule has 0 aromatic heterocycles. The third-order valence-electron chi connectivity index (χ3n) is 5.94. The molecule has 232 valence electrons. The van der Waals surface area contributed by atoms with E-state index in [1.54, 1.807) is 52.0 Å². The first kappa shape index (κ1) is 37.0. The highest BCUT2D eigenvalue weighted by Gasteiger charge is 2.53. The molecule has 0 N–H and O–H groups in total. The van der Waals surface area contributed by atoms with Crippen LogP contribution in [0.15, 0.2) is 46.2 Å². The zero-order valence-electron chi connectivity index (χ0n) is 25.2. The molecule has 42 heavy (non-hydrogen) atoms. The molecule has 0 fully saturated rings. The lowest BCUT2D eigenvalue weighted by molar-refractivity contribution is 0.00332. The van der Waals surface area contributed by atoms with Gasteiger partial charge in [0.25, 0.3) is 39.3 Å². The van der Waals surface area contributed by atoms with Gasteiger partial charge in [0.2, 0.25) is 0 Å². The van der Waals surface area contributed by atoms with Crippen molar-refractivity contribution < 1.29 is 43.3 Å². The summed E-state index contributed by atoms with van der Waals surface area (Å²) >= 11 is 0. The first-order chi connectivity index (χ1) is 18.7. The van der Waals surface area contributed by atoms with Crippen LogP contribution in [0.5, 0.6) is 0 Å². The molecule has 0 aliphatic heterocycles. The highest BCUT2D eigenvalue weighted by Crippen LogP contribution is 2.27. The Kier molecular flexibility index (Phi) is 10.9. The fraction of sp³-hybridized carbons (Fsp3) is 0.462. The predicted molar refractivity (Wildman–Crippen MR) is 161 cm³/mol. The van der Waals surface area contributed by atoms with Crippen molar-refractivity contribution in [2.24, 2.45) is 0 Å². The van der Waals surface area contributed by atoms with Gasteiger partial charge in [0.1, 0.15) is 0 Å². The van der Waals surface area contributed by atoms with E-state index in [-0.39, 0.29) is 9.79 Å². The average molecular weight is 661 g/mol. The zero-order chi connectivity index (χ0) is 33.3. The summed E-state index contributed by atoms with van der Waals surface area (Å²) in [6.45, 7) is 14.7. The molecule has 0 heterocycles. The monoisotopic (exact) mass is 660 g/mol. The molecule has 0 aliphatic rings. The van der Waals surface area contributed by atoms with Crippen LogP contribution in [0.3, 0.4) is 0 Å². The molecule has 16 heteroatoms. The second-order valence-corrected chi connectivity index (χ2v) is 20.9. The van der Waals surface area contributed by atoms with Crippen LogP contribution in [-0.4, -0.2) is 61.5 Å². The van der Waals surface area contributed by atoms with Crippen LogP contribution in [0.25, 0.3) is 11.1 Å². The summed E-state index contributed by atoms with van der Waals surface area (Å²) in [4.78, 5) is 4.74. The summed E-state index contributed by atoms with van der Waals surface area (Å²) in [5, 5.41) is 0. The van der Waals surface area contributed by atoms with Crippen molar-refractivity contribution >= 4 is 48.1 Å². The predicted octanol–water partition coefficient (Wildman–Crippen LogP) is 3.75. The molecule has 0 atom stereocenters. The van der Waals surface area contributed by atoms with E-state index < -0.39 is 57.6 Å². The number of hydrogen-bond donors (Lipinski definition) is 0. The van der Waals surface area contributed by atoms with Gasteiger partial charge < -0.3 is 11.1 Å². The molecule has 0 bridgehead atoms. The Labute approximate surface area is 248 Å². The smallest absolute Gasteiger partial charge is 0.359 e. The number of benzene rings is 2. The number of sulfone groups is 4. The molecule has 2 rings (SSSR count). The molecule has 12 nitrogen and oxygen atoms in total. The van der Waals surface area contributed by atoms with Crippen LogP contribution < -0.4 is 0 Å². The third-order valence-corrected chi connectivity index (χ3v) is 16.0. The van der Waals surface area contributed by atoms with Crippen molar-refractivity contribution in [2.45, 2.75) is 88.5 Å². The Hall–Kier alpha value is -3.00. The van der Waals surface area contributed by atoms with Gasteiger partial charge in [-0.05, 0) is 92.5 Å². The quantitative estimate of drug-likeness (QED) is 0.200. The molecule has 0 aliphatic carbocycles. The molecule has 0 unspecified atom stereocenters. The maximum atomic E-state index is 12.8. The third kappa shape index (κ3) is 7.31. The van der Waals surface area contributed by atoms with Crippen LogP contribution in [0.4, 0.5) is 0 Å². The minimum Gasteiger partial charge on any atom is -0.359 e.